The monoisotopic (exact) mass is 226 g/mol. The topological polar surface area (TPSA) is 74.9 Å². The molecule has 0 unspecified atom stereocenters. The highest BCUT2D eigenvalue weighted by atomic mass is 16.5. The summed E-state index contributed by atoms with van der Waals surface area (Å²) in [5.74, 6) is -1.04. The molecule has 0 saturated carbocycles. The number of hydrazine groups is 1. The molecule has 16 heavy (non-hydrogen) atoms. The van der Waals surface area contributed by atoms with Crippen molar-refractivity contribution in [3.63, 3.8) is 0 Å². The summed E-state index contributed by atoms with van der Waals surface area (Å²) in [7, 11) is 0. The van der Waals surface area contributed by atoms with Crippen molar-refractivity contribution in [1.29, 1.82) is 0 Å². The maximum absolute atomic E-state index is 10.8. The van der Waals surface area contributed by atoms with E-state index in [2.05, 4.69) is 5.43 Å². The third-order valence-electron chi connectivity index (χ3n) is 2.45. The van der Waals surface area contributed by atoms with Crippen LogP contribution in [-0.4, -0.2) is 42.4 Å². The molecule has 0 bridgehead atoms. The maximum atomic E-state index is 10.8. The van der Waals surface area contributed by atoms with Crippen LogP contribution in [0.2, 0.25) is 0 Å². The Morgan fingerprint density at radius 1 is 1.50 bits per heavy atom. The van der Waals surface area contributed by atoms with E-state index in [0.717, 1.165) is 13.1 Å². The van der Waals surface area contributed by atoms with Crippen molar-refractivity contribution in [2.75, 3.05) is 26.3 Å². The van der Waals surface area contributed by atoms with E-state index in [1.807, 2.05) is 5.01 Å². The third kappa shape index (κ3) is 2.60. The smallest absolute Gasteiger partial charge is 0.372 e. The van der Waals surface area contributed by atoms with E-state index < -0.39 is 5.97 Å². The van der Waals surface area contributed by atoms with Gasteiger partial charge in [0.15, 0.2) is 0 Å². The molecule has 2 rings (SSSR count). The summed E-state index contributed by atoms with van der Waals surface area (Å²) in [5, 5.41) is 10.9. The molecule has 2 N–H and O–H groups in total. The average molecular weight is 226 g/mol. The van der Waals surface area contributed by atoms with Gasteiger partial charge in [-0.15, -0.1) is 0 Å². The molecular formula is C10H14N2O4. The average Bonchev–Trinajstić information content (AvgIpc) is 2.76. The number of hydrogen-bond acceptors (Lipinski definition) is 5. The Morgan fingerprint density at radius 2 is 2.25 bits per heavy atom. The molecule has 6 heteroatoms. The Kier molecular flexibility index (Phi) is 3.55. The third-order valence-corrected chi connectivity index (χ3v) is 2.45. The molecule has 1 aromatic heterocycles. The minimum Gasteiger partial charge on any atom is -0.475 e. The summed E-state index contributed by atoms with van der Waals surface area (Å²) in [6.45, 7) is 3.47. The molecule has 1 saturated heterocycles. The number of rotatable bonds is 4. The van der Waals surface area contributed by atoms with Gasteiger partial charge in [-0.2, -0.15) is 0 Å². The summed E-state index contributed by atoms with van der Waals surface area (Å²) in [6.07, 6.45) is 1.39. The molecule has 1 aliphatic heterocycles. The molecule has 1 aromatic rings. The molecule has 0 aromatic carbocycles. The minimum atomic E-state index is -1.04. The zero-order chi connectivity index (χ0) is 11.4. The quantitative estimate of drug-likeness (QED) is 0.769. The van der Waals surface area contributed by atoms with Gasteiger partial charge >= 0.3 is 5.97 Å². The second kappa shape index (κ2) is 5.11. The Balaban J connectivity index is 1.88. The zero-order valence-electron chi connectivity index (χ0n) is 8.81. The highest BCUT2D eigenvalue weighted by Crippen LogP contribution is 2.10. The van der Waals surface area contributed by atoms with Crippen LogP contribution in [0.1, 0.15) is 16.1 Å². The number of furan rings is 1. The molecule has 0 spiro atoms. The van der Waals surface area contributed by atoms with Gasteiger partial charge < -0.3 is 14.3 Å². The van der Waals surface area contributed by atoms with Gasteiger partial charge in [0.2, 0.25) is 5.76 Å². The lowest BCUT2D eigenvalue weighted by Crippen LogP contribution is -2.45. The summed E-state index contributed by atoms with van der Waals surface area (Å²) in [4.78, 5) is 10.8. The van der Waals surface area contributed by atoms with Crippen LogP contribution in [0, 0.1) is 0 Å². The first-order valence-corrected chi connectivity index (χ1v) is 5.13. The molecular weight excluding hydrogens is 212 g/mol. The van der Waals surface area contributed by atoms with Crippen molar-refractivity contribution in [2.24, 2.45) is 0 Å². The van der Waals surface area contributed by atoms with E-state index in [-0.39, 0.29) is 5.76 Å². The number of carbonyl (C=O) groups is 1. The van der Waals surface area contributed by atoms with E-state index in [0.29, 0.717) is 25.3 Å². The number of morpholine rings is 1. The maximum Gasteiger partial charge on any atom is 0.372 e. The number of carboxylic acid groups (broad SMARTS) is 1. The van der Waals surface area contributed by atoms with E-state index >= 15 is 0 Å². The Hall–Kier alpha value is -1.37. The lowest BCUT2D eigenvalue weighted by atomic mass is 10.2. The number of carboxylic acids is 1. The summed E-state index contributed by atoms with van der Waals surface area (Å²) < 4.78 is 10.1. The van der Waals surface area contributed by atoms with Crippen molar-refractivity contribution in [3.8, 4) is 0 Å². The van der Waals surface area contributed by atoms with Crippen LogP contribution < -0.4 is 5.43 Å². The SMILES string of the molecule is O=C(O)c1occc1CNN1CCOCC1. The number of nitrogens with one attached hydrogen (secondary N) is 1. The van der Waals surface area contributed by atoms with Crippen LogP contribution in [-0.2, 0) is 11.3 Å². The molecule has 0 amide bonds. The van der Waals surface area contributed by atoms with Crippen LogP contribution in [0.25, 0.3) is 0 Å². The van der Waals surface area contributed by atoms with Gasteiger partial charge in [0, 0.05) is 25.2 Å². The lowest BCUT2D eigenvalue weighted by Gasteiger charge is -2.27. The fraction of sp³-hybridized carbons (Fsp3) is 0.500. The molecule has 0 aliphatic carbocycles. The second-order valence-corrected chi connectivity index (χ2v) is 3.51. The molecule has 0 radical (unpaired) electrons. The molecule has 2 heterocycles. The van der Waals surface area contributed by atoms with Gasteiger partial charge in [0.1, 0.15) is 0 Å². The largest absolute Gasteiger partial charge is 0.475 e. The van der Waals surface area contributed by atoms with Crippen LogP contribution in [0.15, 0.2) is 16.7 Å². The first-order chi connectivity index (χ1) is 7.77. The normalized spacial score (nSPS) is 17.5. The number of ether oxygens (including phenoxy) is 1. The van der Waals surface area contributed by atoms with Crippen molar-refractivity contribution in [1.82, 2.24) is 10.4 Å². The van der Waals surface area contributed by atoms with Crippen molar-refractivity contribution < 1.29 is 19.1 Å². The molecule has 1 aliphatic rings. The van der Waals surface area contributed by atoms with E-state index in [1.165, 1.54) is 6.26 Å². The summed E-state index contributed by atoms with van der Waals surface area (Å²) in [6, 6.07) is 1.66. The number of aromatic carboxylic acids is 1. The Labute approximate surface area is 92.8 Å². The van der Waals surface area contributed by atoms with Gasteiger partial charge in [-0.25, -0.2) is 9.80 Å². The summed E-state index contributed by atoms with van der Waals surface area (Å²) in [5.41, 5.74) is 3.80. The Morgan fingerprint density at radius 3 is 2.94 bits per heavy atom. The fourth-order valence-electron chi connectivity index (χ4n) is 1.58. The first-order valence-electron chi connectivity index (χ1n) is 5.13. The molecule has 6 nitrogen and oxygen atoms in total. The standard InChI is InChI=1S/C10H14N2O4/c13-10(14)9-8(1-4-16-9)7-11-12-2-5-15-6-3-12/h1,4,11H,2-3,5-7H2,(H,13,14). The van der Waals surface area contributed by atoms with Gasteiger partial charge in [-0.1, -0.05) is 0 Å². The lowest BCUT2D eigenvalue weighted by molar-refractivity contribution is 0.0104. The Bertz CT molecular complexity index is 357. The van der Waals surface area contributed by atoms with Crippen molar-refractivity contribution >= 4 is 5.97 Å². The van der Waals surface area contributed by atoms with Gasteiger partial charge in [-0.3, -0.25) is 5.43 Å². The predicted molar refractivity (Wildman–Crippen MR) is 54.9 cm³/mol. The van der Waals surface area contributed by atoms with E-state index in [1.54, 1.807) is 6.07 Å². The van der Waals surface area contributed by atoms with Crippen molar-refractivity contribution in [3.05, 3.63) is 23.7 Å². The highest BCUT2D eigenvalue weighted by molar-refractivity contribution is 5.86. The van der Waals surface area contributed by atoms with Gasteiger partial charge in [0.05, 0.1) is 19.5 Å². The number of nitrogens with zero attached hydrogens (tertiary/aromatic N) is 1. The molecule has 0 atom stereocenters. The second-order valence-electron chi connectivity index (χ2n) is 3.51. The van der Waals surface area contributed by atoms with Crippen LogP contribution >= 0.6 is 0 Å². The minimum absolute atomic E-state index is 0.000703. The van der Waals surface area contributed by atoms with Gasteiger partial charge in [-0.05, 0) is 6.07 Å². The zero-order valence-corrected chi connectivity index (χ0v) is 8.81. The first kappa shape index (κ1) is 11.1. The van der Waals surface area contributed by atoms with Crippen LogP contribution in [0.5, 0.6) is 0 Å². The van der Waals surface area contributed by atoms with Crippen molar-refractivity contribution in [2.45, 2.75) is 6.54 Å². The predicted octanol–water partition coefficient (Wildman–Crippen LogP) is 0.315. The van der Waals surface area contributed by atoms with E-state index in [4.69, 9.17) is 14.3 Å². The summed E-state index contributed by atoms with van der Waals surface area (Å²) >= 11 is 0. The fourth-order valence-corrected chi connectivity index (χ4v) is 1.58. The van der Waals surface area contributed by atoms with Gasteiger partial charge in [0.25, 0.3) is 0 Å². The van der Waals surface area contributed by atoms with E-state index in [9.17, 15) is 4.79 Å². The molecule has 88 valence electrons. The number of hydrogen-bond donors (Lipinski definition) is 2. The molecule has 1 fully saturated rings. The van der Waals surface area contributed by atoms with Crippen LogP contribution in [0.4, 0.5) is 0 Å². The highest BCUT2D eigenvalue weighted by Gasteiger charge is 2.15. The van der Waals surface area contributed by atoms with Crippen LogP contribution in [0.3, 0.4) is 0 Å².